The number of allylic oxidation sites excluding steroid dienone is 1. The summed E-state index contributed by atoms with van der Waals surface area (Å²) < 4.78 is 16.1. The molecule has 8 nitrogen and oxygen atoms in total. The Balaban J connectivity index is 1.46. The van der Waals surface area contributed by atoms with Crippen molar-refractivity contribution in [3.05, 3.63) is 106 Å². The molecule has 43 heavy (non-hydrogen) atoms. The van der Waals surface area contributed by atoms with Gasteiger partial charge in [-0.25, -0.2) is 4.79 Å². The first-order chi connectivity index (χ1) is 20.7. The molecule has 1 aliphatic heterocycles. The van der Waals surface area contributed by atoms with Crippen molar-refractivity contribution in [3.63, 3.8) is 0 Å². The number of methoxy groups -OCH3 is 2. The third-order valence-electron chi connectivity index (χ3n) is 7.87. The van der Waals surface area contributed by atoms with E-state index in [0.717, 1.165) is 22.3 Å². The summed E-state index contributed by atoms with van der Waals surface area (Å²) >= 11 is 0. The summed E-state index contributed by atoms with van der Waals surface area (Å²) in [5.74, 6) is 0.393. The number of amides is 2. The molecule has 2 amide bonds. The molecule has 0 fully saturated rings. The van der Waals surface area contributed by atoms with E-state index in [0.29, 0.717) is 41.3 Å². The predicted molar refractivity (Wildman–Crippen MR) is 165 cm³/mol. The molecule has 8 heteroatoms. The van der Waals surface area contributed by atoms with Gasteiger partial charge >= 0.3 is 5.97 Å². The zero-order valence-electron chi connectivity index (χ0n) is 25.8. The summed E-state index contributed by atoms with van der Waals surface area (Å²) in [5.41, 5.74) is 5.57. The third kappa shape index (κ3) is 7.25. The van der Waals surface area contributed by atoms with Crippen LogP contribution in [0.3, 0.4) is 0 Å². The van der Waals surface area contributed by atoms with Crippen LogP contribution in [0.1, 0.15) is 58.8 Å². The number of esters is 1. The lowest BCUT2D eigenvalue weighted by Gasteiger charge is -2.34. The van der Waals surface area contributed by atoms with Crippen molar-refractivity contribution in [1.29, 1.82) is 0 Å². The summed E-state index contributed by atoms with van der Waals surface area (Å²) in [7, 11) is 4.97. The molecule has 0 bridgehead atoms. The van der Waals surface area contributed by atoms with Crippen LogP contribution in [0.5, 0.6) is 11.5 Å². The predicted octanol–water partition coefficient (Wildman–Crippen LogP) is 5.68. The molecule has 0 aliphatic carbocycles. The number of rotatable bonds is 11. The van der Waals surface area contributed by atoms with Gasteiger partial charge in [-0.05, 0) is 68.1 Å². The van der Waals surface area contributed by atoms with E-state index in [2.05, 4.69) is 0 Å². The first-order valence-corrected chi connectivity index (χ1v) is 14.5. The number of nitrogens with zero attached hydrogens (tertiary/aromatic N) is 2. The molecule has 0 saturated heterocycles. The molecule has 4 rings (SSSR count). The molecule has 1 aliphatic rings. The van der Waals surface area contributed by atoms with Gasteiger partial charge in [0.15, 0.2) is 11.5 Å². The van der Waals surface area contributed by atoms with E-state index >= 15 is 0 Å². The van der Waals surface area contributed by atoms with E-state index in [-0.39, 0.29) is 37.3 Å². The first kappa shape index (κ1) is 31.3. The zero-order valence-corrected chi connectivity index (χ0v) is 25.8. The monoisotopic (exact) mass is 584 g/mol. The van der Waals surface area contributed by atoms with Crippen LogP contribution in [-0.4, -0.2) is 62.0 Å². The van der Waals surface area contributed by atoms with E-state index in [9.17, 15) is 14.4 Å². The summed E-state index contributed by atoms with van der Waals surface area (Å²) in [6.07, 6.45) is 0.839. The van der Waals surface area contributed by atoms with Crippen LogP contribution >= 0.6 is 0 Å². The quantitative estimate of drug-likeness (QED) is 0.270. The molecule has 226 valence electrons. The van der Waals surface area contributed by atoms with Crippen LogP contribution in [0.2, 0.25) is 0 Å². The van der Waals surface area contributed by atoms with Gasteiger partial charge < -0.3 is 24.0 Å². The second kappa shape index (κ2) is 14.1. The van der Waals surface area contributed by atoms with Gasteiger partial charge in [-0.3, -0.25) is 9.59 Å². The number of benzene rings is 3. The Morgan fingerprint density at radius 3 is 2.19 bits per heavy atom. The van der Waals surface area contributed by atoms with Gasteiger partial charge in [-0.2, -0.15) is 0 Å². The number of hydrogen-bond acceptors (Lipinski definition) is 6. The molecule has 0 radical (unpaired) electrons. The molecular weight excluding hydrogens is 544 g/mol. The Labute approximate surface area is 253 Å². The number of carbonyl (C=O) groups is 3. The van der Waals surface area contributed by atoms with Crippen LogP contribution in [0, 0.1) is 6.92 Å². The van der Waals surface area contributed by atoms with Gasteiger partial charge in [0, 0.05) is 37.2 Å². The maximum atomic E-state index is 13.4. The second-order valence-corrected chi connectivity index (χ2v) is 10.7. The Bertz CT molecular complexity index is 1490. The first-order valence-electron chi connectivity index (χ1n) is 14.5. The van der Waals surface area contributed by atoms with Crippen LogP contribution in [0.4, 0.5) is 0 Å². The largest absolute Gasteiger partial charge is 0.493 e. The molecule has 1 heterocycles. The van der Waals surface area contributed by atoms with Crippen molar-refractivity contribution in [3.8, 4) is 11.5 Å². The molecule has 0 aromatic heterocycles. The van der Waals surface area contributed by atoms with E-state index in [1.165, 1.54) is 0 Å². The highest BCUT2D eigenvalue weighted by Gasteiger charge is 2.36. The minimum atomic E-state index is -0.403. The maximum absolute atomic E-state index is 13.4. The van der Waals surface area contributed by atoms with Gasteiger partial charge in [-0.1, -0.05) is 48.0 Å². The molecular formula is C35H40N2O6. The summed E-state index contributed by atoms with van der Waals surface area (Å²) in [6.45, 7) is 6.65. The summed E-state index contributed by atoms with van der Waals surface area (Å²) in [5, 5.41) is 0. The molecule has 1 unspecified atom stereocenters. The molecule has 0 N–H and O–H groups in total. The molecule has 0 spiro atoms. The lowest BCUT2D eigenvalue weighted by Crippen LogP contribution is -2.38. The average molecular weight is 585 g/mol. The number of likely N-dealkylation sites (N-methyl/N-ethyl adjacent to an activating group) is 1. The van der Waals surface area contributed by atoms with Crippen molar-refractivity contribution in [1.82, 2.24) is 9.80 Å². The standard InChI is InChI=1S/C35H40N2O6/c1-7-43-35(40)33-24(3)37(32(38)21-29(33)27-13-8-23(2)9-14-27)22-26-10-15-28(16-11-26)34(39)36(4)19-18-25-12-17-30(41-5)31(20-25)42-6/h8-17,20,29H,7,18-19,21-22H2,1-6H3. The van der Waals surface area contributed by atoms with Crippen LogP contribution in [-0.2, 0) is 27.3 Å². The highest BCUT2D eigenvalue weighted by atomic mass is 16.5. The minimum absolute atomic E-state index is 0.0637. The molecule has 0 saturated carbocycles. The van der Waals surface area contributed by atoms with E-state index < -0.39 is 5.97 Å². The van der Waals surface area contributed by atoms with Gasteiger partial charge in [0.2, 0.25) is 5.91 Å². The fraction of sp³-hybridized carbons (Fsp3) is 0.343. The van der Waals surface area contributed by atoms with Gasteiger partial charge in [0.25, 0.3) is 5.91 Å². The smallest absolute Gasteiger partial charge is 0.336 e. The van der Waals surface area contributed by atoms with Crippen LogP contribution < -0.4 is 9.47 Å². The van der Waals surface area contributed by atoms with Crippen molar-refractivity contribution in [2.24, 2.45) is 0 Å². The van der Waals surface area contributed by atoms with Crippen molar-refractivity contribution < 1.29 is 28.6 Å². The van der Waals surface area contributed by atoms with Gasteiger partial charge in [0.1, 0.15) is 0 Å². The lowest BCUT2D eigenvalue weighted by molar-refractivity contribution is -0.140. The number of hydrogen-bond donors (Lipinski definition) is 0. The van der Waals surface area contributed by atoms with Crippen molar-refractivity contribution >= 4 is 17.8 Å². The van der Waals surface area contributed by atoms with Gasteiger partial charge in [0.05, 0.1) is 32.9 Å². The Kier molecular flexibility index (Phi) is 10.2. The average Bonchev–Trinajstić information content (AvgIpc) is 3.01. The van der Waals surface area contributed by atoms with E-state index in [4.69, 9.17) is 14.2 Å². The van der Waals surface area contributed by atoms with Crippen LogP contribution in [0.15, 0.2) is 78.0 Å². The third-order valence-corrected chi connectivity index (χ3v) is 7.87. The minimum Gasteiger partial charge on any atom is -0.493 e. The van der Waals surface area contributed by atoms with Gasteiger partial charge in [-0.15, -0.1) is 0 Å². The molecule has 3 aromatic carbocycles. The summed E-state index contributed by atoms with van der Waals surface area (Å²) in [6, 6.07) is 20.9. The SMILES string of the molecule is CCOC(=O)C1=C(C)N(Cc2ccc(C(=O)N(C)CCc3ccc(OC)c(OC)c3)cc2)C(=O)CC1c1ccc(C)cc1. The fourth-order valence-electron chi connectivity index (χ4n) is 5.35. The molecule has 1 atom stereocenters. The Morgan fingerprint density at radius 1 is 0.907 bits per heavy atom. The van der Waals surface area contributed by atoms with Crippen molar-refractivity contribution in [2.75, 3.05) is 34.4 Å². The fourth-order valence-corrected chi connectivity index (χ4v) is 5.35. The van der Waals surface area contributed by atoms with Crippen molar-refractivity contribution in [2.45, 2.75) is 46.1 Å². The number of ether oxygens (including phenoxy) is 3. The lowest BCUT2D eigenvalue weighted by atomic mass is 9.83. The molecule has 3 aromatic rings. The Morgan fingerprint density at radius 2 is 1.56 bits per heavy atom. The topological polar surface area (TPSA) is 85.4 Å². The van der Waals surface area contributed by atoms with E-state index in [1.807, 2.05) is 61.5 Å². The zero-order chi connectivity index (χ0) is 31.1. The summed E-state index contributed by atoms with van der Waals surface area (Å²) in [4.78, 5) is 42.9. The van der Waals surface area contributed by atoms with Crippen LogP contribution in [0.25, 0.3) is 0 Å². The second-order valence-electron chi connectivity index (χ2n) is 10.7. The normalized spacial score (nSPS) is 14.9. The number of aryl methyl sites for hydroxylation is 1. The highest BCUT2D eigenvalue weighted by molar-refractivity contribution is 5.96. The highest BCUT2D eigenvalue weighted by Crippen LogP contribution is 2.38. The maximum Gasteiger partial charge on any atom is 0.336 e. The Hall–Kier alpha value is -4.59. The number of carbonyl (C=O) groups excluding carboxylic acids is 3. The van der Waals surface area contributed by atoms with E-state index in [1.54, 1.807) is 57.0 Å².